The number of pyridine rings is 1. The highest BCUT2D eigenvalue weighted by Gasteiger charge is 2.19. The van der Waals surface area contributed by atoms with Gasteiger partial charge in [0.05, 0.1) is 24.8 Å². The van der Waals surface area contributed by atoms with Crippen LogP contribution in [0.3, 0.4) is 0 Å². The molecule has 1 saturated heterocycles. The number of anilines is 2. The van der Waals surface area contributed by atoms with Crippen LogP contribution in [0.5, 0.6) is 0 Å². The maximum absolute atomic E-state index is 6.07. The lowest BCUT2D eigenvalue weighted by Gasteiger charge is -2.28. The van der Waals surface area contributed by atoms with Crippen molar-refractivity contribution in [1.29, 1.82) is 0 Å². The number of aryl methyl sites for hydroxylation is 1. The Morgan fingerprint density at radius 2 is 2.14 bits per heavy atom. The number of rotatable bonds is 2. The normalized spacial score (nSPS) is 15.6. The molecule has 8 nitrogen and oxygen atoms in total. The molecule has 0 aromatic carbocycles. The SMILES string of the molecule is Cc1cc(N2CCOCC2)nc2c1c(N)nn2-c1ccn[nH]1. The third-order valence-corrected chi connectivity index (χ3v) is 3.90. The lowest BCUT2D eigenvalue weighted by atomic mass is 10.2. The average Bonchev–Trinajstić information content (AvgIpc) is 3.16. The zero-order chi connectivity index (χ0) is 15.1. The van der Waals surface area contributed by atoms with Crippen molar-refractivity contribution in [3.05, 3.63) is 23.9 Å². The first-order valence-corrected chi connectivity index (χ1v) is 7.22. The Balaban J connectivity index is 1.89. The highest BCUT2D eigenvalue weighted by Crippen LogP contribution is 2.28. The number of H-pyrrole nitrogens is 1. The number of nitrogens with two attached hydrogens (primary N) is 1. The fraction of sp³-hybridized carbons (Fsp3) is 0.357. The van der Waals surface area contributed by atoms with E-state index in [1.165, 1.54) is 0 Å². The van der Waals surface area contributed by atoms with Crippen LogP contribution >= 0.6 is 0 Å². The van der Waals surface area contributed by atoms with Gasteiger partial charge in [-0.3, -0.25) is 5.10 Å². The predicted octanol–water partition coefficient (Wildman–Crippen LogP) is 0.871. The molecular weight excluding hydrogens is 282 g/mol. The van der Waals surface area contributed by atoms with Crippen LogP contribution in [0, 0.1) is 6.92 Å². The number of hydrogen-bond acceptors (Lipinski definition) is 6. The van der Waals surface area contributed by atoms with E-state index >= 15 is 0 Å². The van der Waals surface area contributed by atoms with Gasteiger partial charge in [0.15, 0.2) is 17.3 Å². The Labute approximate surface area is 126 Å². The van der Waals surface area contributed by atoms with E-state index in [2.05, 4.69) is 26.3 Å². The Kier molecular flexibility index (Phi) is 2.97. The number of hydrogen-bond donors (Lipinski definition) is 2. The molecule has 3 aromatic rings. The Hall–Kier alpha value is -2.61. The minimum absolute atomic E-state index is 0.475. The van der Waals surface area contributed by atoms with Crippen LogP contribution in [0.2, 0.25) is 0 Å². The average molecular weight is 299 g/mol. The molecule has 0 spiro atoms. The first-order chi connectivity index (χ1) is 10.7. The summed E-state index contributed by atoms with van der Waals surface area (Å²) in [5.41, 5.74) is 7.88. The molecule has 4 heterocycles. The number of aromatic amines is 1. The molecule has 114 valence electrons. The van der Waals surface area contributed by atoms with E-state index in [4.69, 9.17) is 15.5 Å². The molecule has 1 fully saturated rings. The number of aromatic nitrogens is 5. The van der Waals surface area contributed by atoms with Gasteiger partial charge in [-0.1, -0.05) is 0 Å². The minimum atomic E-state index is 0.475. The Morgan fingerprint density at radius 1 is 1.32 bits per heavy atom. The minimum Gasteiger partial charge on any atom is -0.382 e. The summed E-state index contributed by atoms with van der Waals surface area (Å²) >= 11 is 0. The number of ether oxygens (including phenoxy) is 1. The summed E-state index contributed by atoms with van der Waals surface area (Å²) in [4.78, 5) is 7.00. The van der Waals surface area contributed by atoms with Gasteiger partial charge in [0.25, 0.3) is 0 Å². The molecule has 0 radical (unpaired) electrons. The van der Waals surface area contributed by atoms with Gasteiger partial charge in [0.2, 0.25) is 0 Å². The second kappa shape index (κ2) is 4.99. The predicted molar refractivity (Wildman–Crippen MR) is 83.2 cm³/mol. The third-order valence-electron chi connectivity index (χ3n) is 3.90. The Morgan fingerprint density at radius 3 is 2.86 bits per heavy atom. The summed E-state index contributed by atoms with van der Waals surface area (Å²) < 4.78 is 7.11. The molecule has 0 atom stereocenters. The van der Waals surface area contributed by atoms with Gasteiger partial charge in [0, 0.05) is 19.2 Å². The van der Waals surface area contributed by atoms with E-state index in [0.717, 1.165) is 54.5 Å². The number of morpholine rings is 1. The topological polar surface area (TPSA) is 97.9 Å². The van der Waals surface area contributed by atoms with Crippen LogP contribution < -0.4 is 10.6 Å². The lowest BCUT2D eigenvalue weighted by Crippen LogP contribution is -2.36. The van der Waals surface area contributed by atoms with Gasteiger partial charge in [-0.15, -0.1) is 5.10 Å². The molecule has 4 rings (SSSR count). The van der Waals surface area contributed by atoms with Crippen LogP contribution in [0.15, 0.2) is 18.3 Å². The van der Waals surface area contributed by atoms with Crippen molar-refractivity contribution in [2.45, 2.75) is 6.92 Å². The van der Waals surface area contributed by atoms with Crippen LogP contribution in [0.25, 0.3) is 16.9 Å². The van der Waals surface area contributed by atoms with E-state index in [0.29, 0.717) is 5.82 Å². The van der Waals surface area contributed by atoms with Crippen molar-refractivity contribution >= 4 is 22.7 Å². The summed E-state index contributed by atoms with van der Waals surface area (Å²) in [5.74, 6) is 2.14. The molecule has 0 unspecified atom stereocenters. The molecule has 1 aliphatic rings. The lowest BCUT2D eigenvalue weighted by molar-refractivity contribution is 0.122. The number of fused-ring (bicyclic) bond motifs is 1. The van der Waals surface area contributed by atoms with Crippen LogP contribution in [-0.4, -0.2) is 51.3 Å². The van der Waals surface area contributed by atoms with Crippen LogP contribution in [0.4, 0.5) is 11.6 Å². The van der Waals surface area contributed by atoms with Crippen LogP contribution in [0.1, 0.15) is 5.56 Å². The Bertz CT molecular complexity index is 802. The summed E-state index contributed by atoms with van der Waals surface area (Å²) in [7, 11) is 0. The van der Waals surface area contributed by atoms with Crippen molar-refractivity contribution in [1.82, 2.24) is 25.0 Å². The van der Waals surface area contributed by atoms with Crippen molar-refractivity contribution in [2.24, 2.45) is 0 Å². The fourth-order valence-corrected chi connectivity index (χ4v) is 2.80. The quantitative estimate of drug-likeness (QED) is 0.728. The molecule has 0 aliphatic carbocycles. The van der Waals surface area contributed by atoms with E-state index in [1.54, 1.807) is 10.9 Å². The molecule has 3 aromatic heterocycles. The smallest absolute Gasteiger partial charge is 0.169 e. The van der Waals surface area contributed by atoms with Gasteiger partial charge in [0.1, 0.15) is 5.82 Å². The standard InChI is InChI=1S/C14H17N7O/c1-9-8-11(20-4-6-22-7-5-20)17-14-12(9)13(15)19-21(14)10-2-3-16-18-10/h2-3,8H,4-7H2,1H3,(H2,15,19)(H,16,18). The van der Waals surface area contributed by atoms with Gasteiger partial charge in [-0.2, -0.15) is 9.78 Å². The highest BCUT2D eigenvalue weighted by molar-refractivity contribution is 5.91. The number of nitrogens with zero attached hydrogens (tertiary/aromatic N) is 5. The van der Waals surface area contributed by atoms with E-state index in [-0.39, 0.29) is 0 Å². The fourth-order valence-electron chi connectivity index (χ4n) is 2.80. The number of nitrogens with one attached hydrogen (secondary N) is 1. The molecular formula is C14H17N7O. The van der Waals surface area contributed by atoms with Gasteiger partial charge >= 0.3 is 0 Å². The first-order valence-electron chi connectivity index (χ1n) is 7.22. The summed E-state index contributed by atoms with van der Waals surface area (Å²) in [5, 5.41) is 12.1. The second-order valence-corrected chi connectivity index (χ2v) is 5.33. The molecule has 1 aliphatic heterocycles. The summed E-state index contributed by atoms with van der Waals surface area (Å²) in [6.45, 7) is 5.15. The maximum atomic E-state index is 6.07. The molecule has 0 bridgehead atoms. The zero-order valence-electron chi connectivity index (χ0n) is 12.3. The van der Waals surface area contributed by atoms with Gasteiger partial charge in [-0.25, -0.2) is 4.98 Å². The van der Waals surface area contributed by atoms with Gasteiger partial charge < -0.3 is 15.4 Å². The van der Waals surface area contributed by atoms with Crippen LogP contribution in [-0.2, 0) is 4.74 Å². The first kappa shape index (κ1) is 13.1. The molecule has 0 saturated carbocycles. The van der Waals surface area contributed by atoms with Gasteiger partial charge in [-0.05, 0) is 18.6 Å². The van der Waals surface area contributed by atoms with Crippen molar-refractivity contribution in [2.75, 3.05) is 36.9 Å². The second-order valence-electron chi connectivity index (χ2n) is 5.33. The van der Waals surface area contributed by atoms with Crippen molar-refractivity contribution in [3.8, 4) is 5.82 Å². The molecule has 22 heavy (non-hydrogen) atoms. The largest absolute Gasteiger partial charge is 0.382 e. The van der Waals surface area contributed by atoms with E-state index in [1.807, 2.05) is 13.0 Å². The third kappa shape index (κ3) is 2.00. The maximum Gasteiger partial charge on any atom is 0.169 e. The zero-order valence-corrected chi connectivity index (χ0v) is 12.3. The van der Waals surface area contributed by atoms with Crippen molar-refractivity contribution < 1.29 is 4.74 Å². The highest BCUT2D eigenvalue weighted by atomic mass is 16.5. The monoisotopic (exact) mass is 299 g/mol. The van der Waals surface area contributed by atoms with E-state index < -0.39 is 0 Å². The van der Waals surface area contributed by atoms with Crippen molar-refractivity contribution in [3.63, 3.8) is 0 Å². The molecule has 0 amide bonds. The summed E-state index contributed by atoms with van der Waals surface area (Å²) in [6.07, 6.45) is 1.68. The molecule has 8 heteroatoms. The van der Waals surface area contributed by atoms with E-state index in [9.17, 15) is 0 Å². The number of nitrogen functional groups attached to an aromatic ring is 1. The molecule has 3 N–H and O–H groups in total. The summed E-state index contributed by atoms with van der Waals surface area (Å²) in [6, 6.07) is 3.90.